The molecule has 0 saturated carbocycles. The van der Waals surface area contributed by atoms with E-state index in [-0.39, 0.29) is 18.6 Å². The van der Waals surface area contributed by atoms with E-state index in [9.17, 15) is 4.79 Å². The van der Waals surface area contributed by atoms with Crippen molar-refractivity contribution in [1.29, 1.82) is 0 Å². The summed E-state index contributed by atoms with van der Waals surface area (Å²) in [5, 5.41) is 11.7. The SMILES string of the molecule is Cc1cc(C(=O)NC(C)c2cccnc2)sc1C#CCO. The fraction of sp³-hybridized carbons (Fsp3) is 0.250. The normalized spacial score (nSPS) is 11.4. The topological polar surface area (TPSA) is 62.2 Å². The number of amides is 1. The number of nitrogens with zero attached hydrogens (tertiary/aromatic N) is 1. The molecule has 0 spiro atoms. The van der Waals surface area contributed by atoms with Gasteiger partial charge in [0.15, 0.2) is 0 Å². The van der Waals surface area contributed by atoms with Gasteiger partial charge in [-0.1, -0.05) is 17.9 Å². The first-order chi connectivity index (χ1) is 10.1. The molecule has 0 bridgehead atoms. The number of aliphatic hydroxyl groups excluding tert-OH is 1. The highest BCUT2D eigenvalue weighted by Crippen LogP contribution is 2.22. The van der Waals surface area contributed by atoms with Gasteiger partial charge in [-0.2, -0.15) is 0 Å². The van der Waals surface area contributed by atoms with Gasteiger partial charge in [0.05, 0.1) is 15.8 Å². The molecule has 2 heterocycles. The molecule has 2 N–H and O–H groups in total. The second-order valence-corrected chi connectivity index (χ2v) is 5.62. The number of aromatic nitrogens is 1. The first-order valence-electron chi connectivity index (χ1n) is 6.52. The fourth-order valence-electron chi connectivity index (χ4n) is 1.82. The molecule has 0 aromatic carbocycles. The number of nitrogens with one attached hydrogen (secondary N) is 1. The average molecular weight is 300 g/mol. The van der Waals surface area contributed by atoms with Crippen molar-refractivity contribution < 1.29 is 9.90 Å². The molecule has 2 rings (SSSR count). The lowest BCUT2D eigenvalue weighted by molar-refractivity contribution is 0.0944. The van der Waals surface area contributed by atoms with E-state index in [1.165, 1.54) is 11.3 Å². The van der Waals surface area contributed by atoms with E-state index in [1.807, 2.05) is 32.0 Å². The van der Waals surface area contributed by atoms with Crippen LogP contribution in [0, 0.1) is 18.8 Å². The lowest BCUT2D eigenvalue weighted by Gasteiger charge is -2.12. The van der Waals surface area contributed by atoms with Gasteiger partial charge < -0.3 is 10.4 Å². The van der Waals surface area contributed by atoms with Crippen molar-refractivity contribution in [2.24, 2.45) is 0 Å². The summed E-state index contributed by atoms with van der Waals surface area (Å²) >= 11 is 1.33. The summed E-state index contributed by atoms with van der Waals surface area (Å²) < 4.78 is 0. The maximum absolute atomic E-state index is 12.2. The fourth-order valence-corrected chi connectivity index (χ4v) is 2.77. The summed E-state index contributed by atoms with van der Waals surface area (Å²) in [7, 11) is 0. The van der Waals surface area contributed by atoms with Gasteiger partial charge in [-0.3, -0.25) is 9.78 Å². The van der Waals surface area contributed by atoms with E-state index in [0.717, 1.165) is 16.0 Å². The number of thiophene rings is 1. The molecule has 0 aliphatic rings. The number of aryl methyl sites for hydroxylation is 1. The van der Waals surface area contributed by atoms with Crippen LogP contribution >= 0.6 is 11.3 Å². The van der Waals surface area contributed by atoms with E-state index in [4.69, 9.17) is 5.11 Å². The second kappa shape index (κ2) is 7.02. The van der Waals surface area contributed by atoms with Crippen molar-refractivity contribution in [2.75, 3.05) is 6.61 Å². The van der Waals surface area contributed by atoms with Crippen LogP contribution in [0.3, 0.4) is 0 Å². The van der Waals surface area contributed by atoms with Gasteiger partial charge in [0.2, 0.25) is 0 Å². The number of pyridine rings is 1. The first-order valence-corrected chi connectivity index (χ1v) is 7.34. The van der Waals surface area contributed by atoms with Gasteiger partial charge in [-0.25, -0.2) is 0 Å². The van der Waals surface area contributed by atoms with Gasteiger partial charge >= 0.3 is 0 Å². The number of hydrogen-bond acceptors (Lipinski definition) is 4. The smallest absolute Gasteiger partial charge is 0.261 e. The van der Waals surface area contributed by atoms with Crippen LogP contribution < -0.4 is 5.32 Å². The standard InChI is InChI=1S/C16H16N2O2S/c1-11-9-15(21-14(11)6-4-8-19)16(20)18-12(2)13-5-3-7-17-10-13/h3,5,7,9-10,12,19H,8H2,1-2H3,(H,18,20). The molecule has 1 unspecified atom stereocenters. The van der Waals surface area contributed by atoms with Crippen LogP contribution in [0.4, 0.5) is 0 Å². The maximum atomic E-state index is 12.2. The summed E-state index contributed by atoms with van der Waals surface area (Å²) in [5.41, 5.74) is 1.90. The highest BCUT2D eigenvalue weighted by atomic mass is 32.1. The van der Waals surface area contributed by atoms with Crippen molar-refractivity contribution >= 4 is 17.2 Å². The van der Waals surface area contributed by atoms with Crippen LogP contribution in [-0.4, -0.2) is 22.6 Å². The van der Waals surface area contributed by atoms with Crippen molar-refractivity contribution in [2.45, 2.75) is 19.9 Å². The Kier molecular flexibility index (Phi) is 5.09. The summed E-state index contributed by atoms with van der Waals surface area (Å²) in [4.78, 5) is 17.7. The Morgan fingerprint density at radius 1 is 1.57 bits per heavy atom. The first kappa shape index (κ1) is 15.2. The molecule has 1 atom stereocenters. The zero-order valence-electron chi connectivity index (χ0n) is 11.9. The zero-order valence-corrected chi connectivity index (χ0v) is 12.7. The molecular formula is C16H16N2O2S. The van der Waals surface area contributed by atoms with Gasteiger partial charge in [0.25, 0.3) is 5.91 Å². The number of rotatable bonds is 3. The Morgan fingerprint density at radius 2 is 2.38 bits per heavy atom. The molecule has 0 radical (unpaired) electrons. The molecule has 5 heteroatoms. The Morgan fingerprint density at radius 3 is 3.05 bits per heavy atom. The molecule has 1 amide bonds. The van der Waals surface area contributed by atoms with Crippen molar-refractivity contribution in [1.82, 2.24) is 10.3 Å². The third kappa shape index (κ3) is 3.91. The number of carbonyl (C=O) groups excluding carboxylic acids is 1. The molecule has 0 fully saturated rings. The summed E-state index contributed by atoms with van der Waals surface area (Å²) in [6.45, 7) is 3.64. The maximum Gasteiger partial charge on any atom is 0.261 e. The molecule has 4 nitrogen and oxygen atoms in total. The molecule has 2 aromatic heterocycles. The summed E-state index contributed by atoms with van der Waals surface area (Å²) in [6, 6.07) is 5.48. The monoisotopic (exact) mass is 300 g/mol. The van der Waals surface area contributed by atoms with Gasteiger partial charge in [0.1, 0.15) is 6.61 Å². The Balaban J connectivity index is 2.10. The number of hydrogen-bond donors (Lipinski definition) is 2. The summed E-state index contributed by atoms with van der Waals surface area (Å²) in [5.74, 6) is 5.32. The van der Waals surface area contributed by atoms with E-state index in [2.05, 4.69) is 22.1 Å². The van der Waals surface area contributed by atoms with Crippen molar-refractivity contribution in [3.05, 3.63) is 51.5 Å². The molecule has 2 aromatic rings. The minimum absolute atomic E-state index is 0.111. The van der Waals surface area contributed by atoms with E-state index < -0.39 is 0 Å². The molecule has 0 aliphatic heterocycles. The quantitative estimate of drug-likeness (QED) is 0.855. The van der Waals surface area contributed by atoms with Crippen LogP contribution in [0.5, 0.6) is 0 Å². The largest absolute Gasteiger partial charge is 0.384 e. The molecule has 108 valence electrons. The minimum atomic E-state index is -0.184. The molecular weight excluding hydrogens is 284 g/mol. The van der Waals surface area contributed by atoms with Crippen LogP contribution in [0.2, 0.25) is 0 Å². The highest BCUT2D eigenvalue weighted by Gasteiger charge is 2.15. The van der Waals surface area contributed by atoms with Crippen molar-refractivity contribution in [3.63, 3.8) is 0 Å². The van der Waals surface area contributed by atoms with Gasteiger partial charge in [0, 0.05) is 12.4 Å². The highest BCUT2D eigenvalue weighted by molar-refractivity contribution is 7.14. The van der Waals surface area contributed by atoms with E-state index >= 15 is 0 Å². The Labute approximate surface area is 127 Å². The van der Waals surface area contributed by atoms with Gasteiger partial charge in [-0.05, 0) is 37.1 Å². The third-order valence-corrected chi connectivity index (χ3v) is 4.11. The Bertz CT molecular complexity index is 683. The minimum Gasteiger partial charge on any atom is -0.384 e. The lowest BCUT2D eigenvalue weighted by Crippen LogP contribution is -2.25. The van der Waals surface area contributed by atoms with E-state index in [0.29, 0.717) is 4.88 Å². The van der Waals surface area contributed by atoms with E-state index in [1.54, 1.807) is 12.4 Å². The average Bonchev–Trinajstić information content (AvgIpc) is 2.87. The molecule has 21 heavy (non-hydrogen) atoms. The summed E-state index contributed by atoms with van der Waals surface area (Å²) in [6.07, 6.45) is 3.44. The predicted octanol–water partition coefficient (Wildman–Crippen LogP) is 2.29. The van der Waals surface area contributed by atoms with Crippen LogP contribution in [-0.2, 0) is 0 Å². The lowest BCUT2D eigenvalue weighted by atomic mass is 10.1. The van der Waals surface area contributed by atoms with Gasteiger partial charge in [-0.15, -0.1) is 11.3 Å². The number of carbonyl (C=O) groups is 1. The predicted molar refractivity (Wildman–Crippen MR) is 83.1 cm³/mol. The van der Waals surface area contributed by atoms with Crippen LogP contribution in [0.1, 0.15) is 38.6 Å². The van der Waals surface area contributed by atoms with Crippen molar-refractivity contribution in [3.8, 4) is 11.8 Å². The second-order valence-electron chi connectivity index (χ2n) is 4.56. The van der Waals surface area contributed by atoms with Crippen LogP contribution in [0.15, 0.2) is 30.6 Å². The molecule has 0 saturated heterocycles. The number of aliphatic hydroxyl groups is 1. The van der Waals surface area contributed by atoms with Crippen LogP contribution in [0.25, 0.3) is 0 Å². The Hall–Kier alpha value is -2.16. The molecule has 0 aliphatic carbocycles. The zero-order chi connectivity index (χ0) is 15.2. The third-order valence-electron chi connectivity index (χ3n) is 2.95.